The molecule has 1 aromatic heterocycles. The van der Waals surface area contributed by atoms with Gasteiger partial charge in [0.2, 0.25) is 11.1 Å². The first-order chi connectivity index (χ1) is 18.9. The number of aromatic nitrogens is 3. The van der Waals surface area contributed by atoms with Gasteiger partial charge in [-0.3, -0.25) is 0 Å². The van der Waals surface area contributed by atoms with Crippen molar-refractivity contribution in [3.63, 3.8) is 0 Å². The van der Waals surface area contributed by atoms with E-state index in [2.05, 4.69) is 5.32 Å². The van der Waals surface area contributed by atoms with Gasteiger partial charge in [-0.15, -0.1) is 5.10 Å². The molecule has 1 N–H and O–H groups in total. The number of hydrogen-bond donors (Lipinski definition) is 1. The van der Waals surface area contributed by atoms with E-state index in [0.29, 0.717) is 39.8 Å². The Morgan fingerprint density at radius 2 is 1.77 bits per heavy atom. The number of hydrogen-bond acceptors (Lipinski definition) is 7. The summed E-state index contributed by atoms with van der Waals surface area (Å²) in [4.78, 5) is 18.0. The van der Waals surface area contributed by atoms with Crippen molar-refractivity contribution in [1.82, 2.24) is 14.8 Å². The predicted molar refractivity (Wildman–Crippen MR) is 154 cm³/mol. The third-order valence-corrected chi connectivity index (χ3v) is 7.41. The molecule has 1 unspecified atom stereocenters. The highest BCUT2D eigenvalue weighted by Crippen LogP contribution is 2.38. The maximum atomic E-state index is 13.3. The van der Waals surface area contributed by atoms with Gasteiger partial charge in [0.1, 0.15) is 18.4 Å². The largest absolute Gasteiger partial charge is 0.489 e. The molecule has 7 nitrogen and oxygen atoms in total. The molecule has 3 aromatic carbocycles. The quantitative estimate of drug-likeness (QED) is 0.174. The topological polar surface area (TPSA) is 78.3 Å². The van der Waals surface area contributed by atoms with E-state index in [4.69, 9.17) is 31.2 Å². The zero-order valence-electron chi connectivity index (χ0n) is 21.9. The molecule has 0 bridgehead atoms. The molecule has 0 saturated heterocycles. The number of carbonyl (C=O) groups is 1. The number of ether oxygens (including phenoxy) is 2. The van der Waals surface area contributed by atoms with Gasteiger partial charge in [0.05, 0.1) is 11.7 Å². The van der Waals surface area contributed by atoms with Crippen molar-refractivity contribution in [2.24, 2.45) is 0 Å². The maximum absolute atomic E-state index is 13.3. The standard InChI is InChI=1S/C30H29ClN4O3S/c1-19(2)38-28(36)26-20(3)32-29-33-30(39-18-23-11-7-8-12-25(23)31)34-35(29)27(26)22-13-15-24(16-14-22)37-17-21-9-5-4-6-10-21/h4-16,19,27H,17-18H2,1-3H3,(H,32,33,34). The minimum absolute atomic E-state index is 0.258. The third-order valence-electron chi connectivity index (χ3n) is 6.15. The second kappa shape index (κ2) is 12.0. The Balaban J connectivity index is 1.43. The average molecular weight is 561 g/mol. The molecule has 2 heterocycles. The van der Waals surface area contributed by atoms with E-state index in [1.807, 2.05) is 99.6 Å². The Bertz CT molecular complexity index is 1490. The Morgan fingerprint density at radius 3 is 2.49 bits per heavy atom. The van der Waals surface area contributed by atoms with Gasteiger partial charge in [-0.1, -0.05) is 84.0 Å². The molecule has 0 radical (unpaired) electrons. The Hall–Kier alpha value is -3.75. The van der Waals surface area contributed by atoms with Crippen molar-refractivity contribution in [1.29, 1.82) is 0 Å². The Labute approximate surface area is 237 Å². The number of carbonyl (C=O) groups excluding carboxylic acids is 1. The summed E-state index contributed by atoms with van der Waals surface area (Å²) in [6.07, 6.45) is -0.258. The fourth-order valence-electron chi connectivity index (χ4n) is 4.29. The summed E-state index contributed by atoms with van der Waals surface area (Å²) in [5, 5.41) is 9.32. The van der Waals surface area contributed by atoms with Crippen LogP contribution in [0.1, 0.15) is 43.5 Å². The number of benzene rings is 3. The fraction of sp³-hybridized carbons (Fsp3) is 0.233. The zero-order valence-corrected chi connectivity index (χ0v) is 23.5. The van der Waals surface area contributed by atoms with E-state index in [0.717, 1.165) is 22.4 Å². The fourth-order valence-corrected chi connectivity index (χ4v) is 5.40. The van der Waals surface area contributed by atoms with Gasteiger partial charge in [0, 0.05) is 16.5 Å². The van der Waals surface area contributed by atoms with Gasteiger partial charge in [-0.2, -0.15) is 4.98 Å². The molecule has 1 aliphatic heterocycles. The second-order valence-electron chi connectivity index (χ2n) is 9.41. The number of allylic oxidation sites excluding steroid dienone is 1. The maximum Gasteiger partial charge on any atom is 0.338 e. The molecule has 9 heteroatoms. The molecular weight excluding hydrogens is 532 g/mol. The highest BCUT2D eigenvalue weighted by atomic mass is 35.5. The lowest BCUT2D eigenvalue weighted by Gasteiger charge is -2.28. The molecule has 0 spiro atoms. The number of thioether (sulfide) groups is 1. The van der Waals surface area contributed by atoms with Crippen molar-refractivity contribution in [3.8, 4) is 5.75 Å². The van der Waals surface area contributed by atoms with Crippen LogP contribution in [0.4, 0.5) is 5.95 Å². The van der Waals surface area contributed by atoms with E-state index in [-0.39, 0.29) is 6.10 Å². The molecule has 5 rings (SSSR count). The zero-order chi connectivity index (χ0) is 27.4. The first-order valence-corrected chi connectivity index (χ1v) is 14.0. The molecular formula is C30H29ClN4O3S. The number of fused-ring (bicyclic) bond motifs is 1. The number of nitrogens with zero attached hydrogens (tertiary/aromatic N) is 3. The molecule has 39 heavy (non-hydrogen) atoms. The van der Waals surface area contributed by atoms with E-state index >= 15 is 0 Å². The molecule has 4 aromatic rings. The van der Waals surface area contributed by atoms with Crippen LogP contribution in [0.25, 0.3) is 0 Å². The number of halogens is 1. The minimum Gasteiger partial charge on any atom is -0.489 e. The predicted octanol–water partition coefficient (Wildman–Crippen LogP) is 7.04. The lowest BCUT2D eigenvalue weighted by atomic mass is 9.95. The van der Waals surface area contributed by atoms with Gasteiger partial charge in [-0.05, 0) is 55.7 Å². The molecule has 0 amide bonds. The molecule has 200 valence electrons. The van der Waals surface area contributed by atoms with E-state index in [1.54, 1.807) is 4.68 Å². The van der Waals surface area contributed by atoms with Crippen molar-refractivity contribution in [2.45, 2.75) is 50.4 Å². The summed E-state index contributed by atoms with van der Waals surface area (Å²) < 4.78 is 13.3. The Morgan fingerprint density at radius 1 is 1.05 bits per heavy atom. The van der Waals surface area contributed by atoms with Crippen molar-refractivity contribution in [3.05, 3.63) is 112 Å². The van der Waals surface area contributed by atoms with Crippen LogP contribution in [0.3, 0.4) is 0 Å². The number of anilines is 1. The summed E-state index contributed by atoms with van der Waals surface area (Å²) >= 11 is 7.82. The summed E-state index contributed by atoms with van der Waals surface area (Å²) in [5.74, 6) is 1.52. The molecule has 0 saturated carbocycles. The highest BCUT2D eigenvalue weighted by Gasteiger charge is 2.35. The second-order valence-corrected chi connectivity index (χ2v) is 10.8. The summed E-state index contributed by atoms with van der Waals surface area (Å²) in [6, 6.07) is 24.9. The van der Waals surface area contributed by atoms with Crippen LogP contribution in [-0.2, 0) is 21.9 Å². The van der Waals surface area contributed by atoms with E-state index in [1.165, 1.54) is 11.8 Å². The van der Waals surface area contributed by atoms with Crippen LogP contribution >= 0.6 is 23.4 Å². The molecule has 1 aliphatic rings. The van der Waals surface area contributed by atoms with Gasteiger partial charge in [-0.25, -0.2) is 9.48 Å². The van der Waals surface area contributed by atoms with Crippen LogP contribution in [0.15, 0.2) is 95.3 Å². The Kier molecular flexibility index (Phi) is 8.24. The lowest BCUT2D eigenvalue weighted by Crippen LogP contribution is -2.30. The van der Waals surface area contributed by atoms with Crippen molar-refractivity contribution in [2.75, 3.05) is 5.32 Å². The highest BCUT2D eigenvalue weighted by molar-refractivity contribution is 7.98. The van der Waals surface area contributed by atoms with Crippen LogP contribution in [-0.4, -0.2) is 26.8 Å². The van der Waals surface area contributed by atoms with Gasteiger partial charge >= 0.3 is 5.97 Å². The summed E-state index contributed by atoms with van der Waals surface area (Å²) in [7, 11) is 0. The van der Waals surface area contributed by atoms with E-state index in [9.17, 15) is 4.79 Å². The number of rotatable bonds is 9. The van der Waals surface area contributed by atoms with Crippen LogP contribution in [0.2, 0.25) is 5.02 Å². The lowest BCUT2D eigenvalue weighted by molar-refractivity contribution is -0.143. The van der Waals surface area contributed by atoms with Crippen LogP contribution in [0.5, 0.6) is 5.75 Å². The van der Waals surface area contributed by atoms with Crippen molar-refractivity contribution >= 4 is 35.3 Å². The number of nitrogens with one attached hydrogen (secondary N) is 1. The van der Waals surface area contributed by atoms with Crippen molar-refractivity contribution < 1.29 is 14.3 Å². The molecule has 1 atom stereocenters. The van der Waals surface area contributed by atoms with Crippen LogP contribution < -0.4 is 10.1 Å². The SMILES string of the molecule is CC1=C(C(=O)OC(C)C)C(c2ccc(OCc3ccccc3)cc2)n2nc(SCc3ccccc3Cl)nc2N1. The third kappa shape index (κ3) is 6.29. The van der Waals surface area contributed by atoms with Gasteiger partial charge in [0.15, 0.2) is 0 Å². The molecule has 0 aliphatic carbocycles. The minimum atomic E-state index is -0.516. The summed E-state index contributed by atoms with van der Waals surface area (Å²) in [5.41, 5.74) is 4.13. The monoisotopic (exact) mass is 560 g/mol. The average Bonchev–Trinajstić information content (AvgIpc) is 3.33. The normalized spacial score (nSPS) is 14.6. The smallest absolute Gasteiger partial charge is 0.338 e. The molecule has 0 fully saturated rings. The van der Waals surface area contributed by atoms with Gasteiger partial charge < -0.3 is 14.8 Å². The summed E-state index contributed by atoms with van der Waals surface area (Å²) in [6.45, 7) is 6.00. The van der Waals surface area contributed by atoms with E-state index < -0.39 is 12.0 Å². The number of esters is 1. The first kappa shape index (κ1) is 26.8. The first-order valence-electron chi connectivity index (χ1n) is 12.7. The van der Waals surface area contributed by atoms with Crippen LogP contribution in [0, 0.1) is 0 Å². The van der Waals surface area contributed by atoms with Gasteiger partial charge in [0.25, 0.3) is 0 Å².